The van der Waals surface area contributed by atoms with Crippen molar-refractivity contribution in [2.24, 2.45) is 0 Å². The van der Waals surface area contributed by atoms with Crippen molar-refractivity contribution in [3.05, 3.63) is 11.8 Å². The van der Waals surface area contributed by atoms with E-state index in [-0.39, 0.29) is 18.2 Å². The third-order valence-electron chi connectivity index (χ3n) is 3.23. The van der Waals surface area contributed by atoms with E-state index in [1.165, 1.54) is 0 Å². The van der Waals surface area contributed by atoms with Crippen LogP contribution < -0.4 is 0 Å². The maximum atomic E-state index is 12.1. The van der Waals surface area contributed by atoms with Crippen molar-refractivity contribution in [1.82, 2.24) is 4.90 Å². The highest BCUT2D eigenvalue weighted by Crippen LogP contribution is 2.35. The summed E-state index contributed by atoms with van der Waals surface area (Å²) in [6.45, 7) is 5.69. The van der Waals surface area contributed by atoms with Crippen LogP contribution in [0.15, 0.2) is 11.8 Å². The van der Waals surface area contributed by atoms with Crippen LogP contribution in [-0.2, 0) is 9.47 Å². The minimum absolute atomic E-state index is 0.151. The fourth-order valence-corrected chi connectivity index (χ4v) is 2.54. The predicted molar refractivity (Wildman–Crippen MR) is 64.6 cm³/mol. The molecule has 0 radical (unpaired) electrons. The van der Waals surface area contributed by atoms with E-state index in [0.29, 0.717) is 0 Å². The van der Waals surface area contributed by atoms with Crippen LogP contribution in [0.2, 0.25) is 0 Å². The fourth-order valence-electron chi connectivity index (χ4n) is 2.54. The topological polar surface area (TPSA) is 38.8 Å². The van der Waals surface area contributed by atoms with Gasteiger partial charge in [-0.05, 0) is 39.7 Å². The summed E-state index contributed by atoms with van der Waals surface area (Å²) in [5, 5.41) is 0. The van der Waals surface area contributed by atoms with Crippen molar-refractivity contribution in [3.63, 3.8) is 0 Å². The predicted octanol–water partition coefficient (Wildman–Crippen LogP) is 2.69. The Morgan fingerprint density at radius 3 is 2.65 bits per heavy atom. The van der Waals surface area contributed by atoms with Gasteiger partial charge in [-0.3, -0.25) is 4.90 Å². The first kappa shape index (κ1) is 12.3. The SMILES string of the molecule is COC1=CC2CCC(C1)N2C(=O)OC(C)(C)C. The van der Waals surface area contributed by atoms with Gasteiger partial charge in [0.25, 0.3) is 0 Å². The highest BCUT2D eigenvalue weighted by molar-refractivity contribution is 5.70. The summed E-state index contributed by atoms with van der Waals surface area (Å²) in [5.41, 5.74) is -0.429. The smallest absolute Gasteiger partial charge is 0.411 e. The van der Waals surface area contributed by atoms with Crippen LogP contribution in [0.25, 0.3) is 0 Å². The largest absolute Gasteiger partial charge is 0.501 e. The molecule has 1 saturated heterocycles. The van der Waals surface area contributed by atoms with Gasteiger partial charge in [0.1, 0.15) is 5.60 Å². The van der Waals surface area contributed by atoms with E-state index in [2.05, 4.69) is 0 Å². The van der Waals surface area contributed by atoms with Gasteiger partial charge in [-0.15, -0.1) is 0 Å². The van der Waals surface area contributed by atoms with E-state index in [1.807, 2.05) is 31.7 Å². The molecule has 17 heavy (non-hydrogen) atoms. The zero-order valence-electron chi connectivity index (χ0n) is 11.0. The monoisotopic (exact) mass is 239 g/mol. The molecule has 2 aliphatic rings. The van der Waals surface area contributed by atoms with E-state index in [0.717, 1.165) is 25.0 Å². The van der Waals surface area contributed by atoms with Gasteiger partial charge in [0, 0.05) is 12.5 Å². The van der Waals surface area contributed by atoms with E-state index in [1.54, 1.807) is 7.11 Å². The quantitative estimate of drug-likeness (QED) is 0.706. The molecular formula is C13H21NO3. The minimum atomic E-state index is -0.429. The maximum Gasteiger partial charge on any atom is 0.411 e. The summed E-state index contributed by atoms with van der Waals surface area (Å²) in [6.07, 6.45) is 4.71. The number of amides is 1. The van der Waals surface area contributed by atoms with Crippen LogP contribution in [0.4, 0.5) is 4.79 Å². The zero-order chi connectivity index (χ0) is 12.6. The molecule has 2 aliphatic heterocycles. The molecule has 0 spiro atoms. The highest BCUT2D eigenvalue weighted by atomic mass is 16.6. The number of carbonyl (C=O) groups excluding carboxylic acids is 1. The third kappa shape index (κ3) is 2.56. The average Bonchev–Trinajstić information content (AvgIpc) is 2.47. The molecule has 96 valence electrons. The number of carbonyl (C=O) groups is 1. The van der Waals surface area contributed by atoms with Crippen molar-refractivity contribution in [1.29, 1.82) is 0 Å². The van der Waals surface area contributed by atoms with Crippen molar-refractivity contribution in [3.8, 4) is 0 Å². The molecule has 0 saturated carbocycles. The Morgan fingerprint density at radius 1 is 1.41 bits per heavy atom. The Balaban J connectivity index is 2.09. The molecule has 2 heterocycles. The van der Waals surface area contributed by atoms with Gasteiger partial charge >= 0.3 is 6.09 Å². The molecule has 4 heteroatoms. The lowest BCUT2D eigenvalue weighted by Crippen LogP contribution is -2.45. The summed E-state index contributed by atoms with van der Waals surface area (Å²) in [5.74, 6) is 0.998. The van der Waals surface area contributed by atoms with Gasteiger partial charge in [0.15, 0.2) is 0 Å². The lowest BCUT2D eigenvalue weighted by atomic mass is 10.1. The third-order valence-corrected chi connectivity index (χ3v) is 3.23. The molecule has 0 aromatic carbocycles. The summed E-state index contributed by atoms with van der Waals surface area (Å²) >= 11 is 0. The molecule has 2 rings (SSSR count). The average molecular weight is 239 g/mol. The molecule has 0 N–H and O–H groups in total. The van der Waals surface area contributed by atoms with Crippen molar-refractivity contribution < 1.29 is 14.3 Å². The second kappa shape index (κ2) is 4.24. The molecule has 4 nitrogen and oxygen atoms in total. The first-order valence-electron chi connectivity index (χ1n) is 6.17. The number of hydrogen-bond donors (Lipinski definition) is 0. The highest BCUT2D eigenvalue weighted by Gasteiger charge is 2.41. The van der Waals surface area contributed by atoms with Gasteiger partial charge in [0.2, 0.25) is 0 Å². The van der Waals surface area contributed by atoms with Gasteiger partial charge in [-0.25, -0.2) is 4.79 Å². The van der Waals surface area contributed by atoms with E-state index in [4.69, 9.17) is 9.47 Å². The summed E-state index contributed by atoms with van der Waals surface area (Å²) in [4.78, 5) is 14.0. The molecule has 2 atom stereocenters. The van der Waals surface area contributed by atoms with E-state index >= 15 is 0 Å². The Bertz CT molecular complexity index is 343. The van der Waals surface area contributed by atoms with Crippen molar-refractivity contribution >= 4 is 6.09 Å². The molecule has 2 unspecified atom stereocenters. The number of rotatable bonds is 1. The van der Waals surface area contributed by atoms with Gasteiger partial charge in [0.05, 0.1) is 18.9 Å². The van der Waals surface area contributed by atoms with Crippen molar-refractivity contribution in [2.75, 3.05) is 7.11 Å². The first-order chi connectivity index (χ1) is 7.90. The van der Waals surface area contributed by atoms with Crippen LogP contribution >= 0.6 is 0 Å². The van der Waals surface area contributed by atoms with Crippen LogP contribution in [-0.4, -0.2) is 35.8 Å². The summed E-state index contributed by atoms with van der Waals surface area (Å²) in [6, 6.07) is 0.397. The standard InChI is InChI=1S/C13H21NO3/c1-13(2,3)17-12(15)14-9-5-6-10(14)8-11(7-9)16-4/h7,9-10H,5-6,8H2,1-4H3. The molecule has 0 aromatic rings. The Hall–Kier alpha value is -1.19. The normalized spacial score (nSPS) is 27.8. The Labute approximate surface area is 103 Å². The lowest BCUT2D eigenvalue weighted by Gasteiger charge is -2.34. The van der Waals surface area contributed by atoms with Crippen LogP contribution in [0.5, 0.6) is 0 Å². The second-order valence-electron chi connectivity index (χ2n) is 5.73. The Kier molecular flexibility index (Phi) is 3.06. The molecule has 1 fully saturated rings. The number of nitrogens with zero attached hydrogens (tertiary/aromatic N) is 1. The van der Waals surface area contributed by atoms with Gasteiger partial charge in [-0.2, -0.15) is 0 Å². The van der Waals surface area contributed by atoms with Gasteiger partial charge < -0.3 is 9.47 Å². The maximum absolute atomic E-state index is 12.1. The Morgan fingerprint density at radius 2 is 2.12 bits per heavy atom. The molecular weight excluding hydrogens is 218 g/mol. The molecule has 0 aromatic heterocycles. The van der Waals surface area contributed by atoms with Crippen molar-refractivity contribution in [2.45, 2.75) is 57.7 Å². The summed E-state index contributed by atoms with van der Waals surface area (Å²) in [7, 11) is 1.69. The lowest BCUT2D eigenvalue weighted by molar-refractivity contribution is 0.0146. The van der Waals surface area contributed by atoms with Crippen LogP contribution in [0.1, 0.15) is 40.0 Å². The summed E-state index contributed by atoms with van der Waals surface area (Å²) < 4.78 is 10.7. The number of hydrogen-bond acceptors (Lipinski definition) is 3. The van der Waals surface area contributed by atoms with E-state index < -0.39 is 5.60 Å². The second-order valence-corrected chi connectivity index (χ2v) is 5.73. The van der Waals surface area contributed by atoms with Gasteiger partial charge in [-0.1, -0.05) is 0 Å². The molecule has 2 bridgehead atoms. The number of methoxy groups -OCH3 is 1. The van der Waals surface area contributed by atoms with E-state index in [9.17, 15) is 4.79 Å². The zero-order valence-corrected chi connectivity index (χ0v) is 11.0. The number of fused-ring (bicyclic) bond motifs is 2. The number of ether oxygens (including phenoxy) is 2. The van der Waals surface area contributed by atoms with Crippen LogP contribution in [0.3, 0.4) is 0 Å². The van der Waals surface area contributed by atoms with Crippen LogP contribution in [0, 0.1) is 0 Å². The molecule has 1 amide bonds. The fraction of sp³-hybridized carbons (Fsp3) is 0.769. The minimum Gasteiger partial charge on any atom is -0.501 e. The molecule has 0 aliphatic carbocycles. The first-order valence-corrected chi connectivity index (χ1v) is 6.17.